The van der Waals surface area contributed by atoms with Crippen LogP contribution in [-0.2, 0) is 16.6 Å². The summed E-state index contributed by atoms with van der Waals surface area (Å²) in [7, 11) is -3.44. The van der Waals surface area contributed by atoms with Crippen LogP contribution in [-0.4, -0.2) is 32.4 Å². The van der Waals surface area contributed by atoms with Gasteiger partial charge in [-0.25, -0.2) is 8.42 Å². The summed E-state index contributed by atoms with van der Waals surface area (Å²) in [5.74, 6) is 0. The Kier molecular flexibility index (Phi) is 7.08. The Labute approximate surface area is 128 Å². The highest BCUT2D eigenvalue weighted by Gasteiger charge is 2.22. The molecule has 0 amide bonds. The van der Waals surface area contributed by atoms with Gasteiger partial charge in [0.05, 0.1) is 4.90 Å². The zero-order chi connectivity index (χ0) is 15.9. The molecule has 1 N–H and O–H groups in total. The largest absolute Gasteiger partial charge is 0.313 e. The normalized spacial score (nSPS) is 11.8. The number of nitrogens with zero attached hydrogens (tertiary/aromatic N) is 1. The molecule has 4 nitrogen and oxygen atoms in total. The van der Waals surface area contributed by atoms with Crippen molar-refractivity contribution < 1.29 is 8.42 Å². The van der Waals surface area contributed by atoms with Crippen molar-refractivity contribution in [2.75, 3.05) is 19.6 Å². The second-order valence-electron chi connectivity index (χ2n) is 5.21. The Balaban J connectivity index is 2.85. The van der Waals surface area contributed by atoms with Crippen LogP contribution in [0.1, 0.15) is 32.8 Å². The maximum absolute atomic E-state index is 12.5. The molecule has 0 radical (unpaired) electrons. The highest BCUT2D eigenvalue weighted by Crippen LogP contribution is 2.17. The fraction of sp³-hybridized carbons (Fsp3) is 0.500. The minimum atomic E-state index is -3.44. The summed E-state index contributed by atoms with van der Waals surface area (Å²) in [5, 5.41) is 3.30. The molecule has 1 rings (SSSR count). The van der Waals surface area contributed by atoms with Crippen molar-refractivity contribution in [3.8, 4) is 0 Å². The first kappa shape index (κ1) is 17.9. The van der Waals surface area contributed by atoms with E-state index in [1.807, 2.05) is 26.0 Å². The van der Waals surface area contributed by atoms with E-state index in [1.165, 1.54) is 4.31 Å². The van der Waals surface area contributed by atoms with Gasteiger partial charge in [-0.1, -0.05) is 38.1 Å². The molecule has 0 saturated carbocycles. The van der Waals surface area contributed by atoms with Gasteiger partial charge in [-0.15, -0.1) is 0 Å². The van der Waals surface area contributed by atoms with Crippen molar-refractivity contribution in [3.05, 3.63) is 42.0 Å². The Morgan fingerprint density at radius 2 is 1.86 bits per heavy atom. The number of rotatable bonds is 9. The van der Waals surface area contributed by atoms with Gasteiger partial charge in [0.15, 0.2) is 0 Å². The van der Waals surface area contributed by atoms with Gasteiger partial charge in [0, 0.05) is 19.6 Å². The van der Waals surface area contributed by atoms with Crippen LogP contribution in [0.25, 0.3) is 0 Å². The highest BCUT2D eigenvalue weighted by atomic mass is 32.2. The van der Waals surface area contributed by atoms with Crippen LogP contribution < -0.4 is 5.32 Å². The zero-order valence-electron chi connectivity index (χ0n) is 13.2. The first-order valence-corrected chi connectivity index (χ1v) is 8.80. The molecule has 21 heavy (non-hydrogen) atoms. The minimum absolute atomic E-state index is 0.338. The number of sulfonamides is 1. The van der Waals surface area contributed by atoms with Gasteiger partial charge in [-0.3, -0.25) is 0 Å². The monoisotopic (exact) mass is 310 g/mol. The van der Waals surface area contributed by atoms with Gasteiger partial charge >= 0.3 is 0 Å². The van der Waals surface area contributed by atoms with Gasteiger partial charge in [-0.05, 0) is 37.6 Å². The maximum Gasteiger partial charge on any atom is 0.243 e. The van der Waals surface area contributed by atoms with Crippen LogP contribution in [0, 0.1) is 0 Å². The summed E-state index contributed by atoms with van der Waals surface area (Å²) < 4.78 is 26.5. The molecule has 0 unspecified atom stereocenters. The van der Waals surface area contributed by atoms with Gasteiger partial charge in [0.2, 0.25) is 10.0 Å². The third-order valence-corrected chi connectivity index (χ3v) is 5.05. The summed E-state index contributed by atoms with van der Waals surface area (Å²) in [6.45, 7) is 12.1. The van der Waals surface area contributed by atoms with Crippen molar-refractivity contribution in [3.63, 3.8) is 0 Å². The van der Waals surface area contributed by atoms with E-state index in [9.17, 15) is 8.42 Å². The molecule has 0 aromatic heterocycles. The molecule has 0 fully saturated rings. The third kappa shape index (κ3) is 5.26. The lowest BCUT2D eigenvalue weighted by Gasteiger charge is -2.20. The first-order chi connectivity index (χ1) is 9.91. The summed E-state index contributed by atoms with van der Waals surface area (Å²) in [6.07, 6.45) is 1.08. The predicted molar refractivity (Wildman–Crippen MR) is 87.7 cm³/mol. The van der Waals surface area contributed by atoms with Crippen molar-refractivity contribution in [1.29, 1.82) is 0 Å². The molecule has 1 aromatic rings. The number of likely N-dealkylation sites (N-methyl/N-ethyl adjacent to an activating group) is 1. The zero-order valence-corrected chi connectivity index (χ0v) is 14.0. The molecular weight excluding hydrogens is 284 g/mol. The van der Waals surface area contributed by atoms with E-state index in [0.717, 1.165) is 30.6 Å². The maximum atomic E-state index is 12.5. The van der Waals surface area contributed by atoms with Crippen molar-refractivity contribution in [2.24, 2.45) is 0 Å². The van der Waals surface area contributed by atoms with Crippen LogP contribution >= 0.6 is 0 Å². The molecule has 0 aliphatic carbocycles. The lowest BCUT2D eigenvalue weighted by Crippen LogP contribution is -2.32. The lowest BCUT2D eigenvalue weighted by molar-refractivity contribution is 0.453. The number of hydrogen-bond acceptors (Lipinski definition) is 3. The SMILES string of the molecule is C=C(C)CN(CC)S(=O)(=O)c1ccc(CNCCC)cc1. The average Bonchev–Trinajstić information content (AvgIpc) is 2.45. The molecule has 0 spiro atoms. The van der Waals surface area contributed by atoms with Gasteiger partial charge in [0.25, 0.3) is 0 Å². The molecule has 0 aliphatic heterocycles. The van der Waals surface area contributed by atoms with E-state index in [-0.39, 0.29) is 0 Å². The second kappa shape index (κ2) is 8.32. The van der Waals surface area contributed by atoms with Crippen molar-refractivity contribution >= 4 is 10.0 Å². The minimum Gasteiger partial charge on any atom is -0.313 e. The van der Waals surface area contributed by atoms with Crippen LogP contribution in [0.3, 0.4) is 0 Å². The number of nitrogens with one attached hydrogen (secondary N) is 1. The highest BCUT2D eigenvalue weighted by molar-refractivity contribution is 7.89. The van der Waals surface area contributed by atoms with E-state index < -0.39 is 10.0 Å². The Morgan fingerprint density at radius 1 is 1.24 bits per heavy atom. The molecule has 0 bridgehead atoms. The Bertz CT molecular complexity index is 550. The van der Waals surface area contributed by atoms with E-state index >= 15 is 0 Å². The van der Waals surface area contributed by atoms with Gasteiger partial charge < -0.3 is 5.32 Å². The van der Waals surface area contributed by atoms with Crippen LogP contribution in [0.5, 0.6) is 0 Å². The molecule has 5 heteroatoms. The molecule has 0 atom stereocenters. The standard InChI is InChI=1S/C16H26N2O2S/c1-5-11-17-12-15-7-9-16(10-8-15)21(19,20)18(6-2)13-14(3)4/h7-10,17H,3,5-6,11-13H2,1-2,4H3. The van der Waals surface area contributed by atoms with Crippen molar-refractivity contribution in [1.82, 2.24) is 9.62 Å². The first-order valence-electron chi connectivity index (χ1n) is 7.36. The molecule has 0 saturated heterocycles. The average molecular weight is 310 g/mol. The molecular formula is C16H26N2O2S. The summed E-state index contributed by atoms with van der Waals surface area (Å²) in [6, 6.07) is 7.09. The molecule has 0 aliphatic rings. The second-order valence-corrected chi connectivity index (χ2v) is 7.15. The topological polar surface area (TPSA) is 49.4 Å². The summed E-state index contributed by atoms with van der Waals surface area (Å²) in [5.41, 5.74) is 1.92. The van der Waals surface area contributed by atoms with Crippen LogP contribution in [0.4, 0.5) is 0 Å². The smallest absolute Gasteiger partial charge is 0.243 e. The van der Waals surface area contributed by atoms with Crippen molar-refractivity contribution in [2.45, 2.75) is 38.6 Å². The molecule has 0 heterocycles. The van der Waals surface area contributed by atoms with E-state index in [0.29, 0.717) is 18.0 Å². The Morgan fingerprint density at radius 3 is 2.33 bits per heavy atom. The fourth-order valence-electron chi connectivity index (χ4n) is 2.01. The van der Waals surface area contributed by atoms with E-state index in [1.54, 1.807) is 12.1 Å². The molecule has 118 valence electrons. The van der Waals surface area contributed by atoms with Gasteiger partial charge in [-0.2, -0.15) is 4.31 Å². The number of benzene rings is 1. The number of hydrogen-bond donors (Lipinski definition) is 1. The van der Waals surface area contributed by atoms with Crippen LogP contribution in [0.2, 0.25) is 0 Å². The summed E-state index contributed by atoms with van der Waals surface area (Å²) >= 11 is 0. The molecule has 1 aromatic carbocycles. The quantitative estimate of drug-likeness (QED) is 0.563. The predicted octanol–water partition coefficient (Wildman–Crippen LogP) is 2.77. The summed E-state index contributed by atoms with van der Waals surface area (Å²) in [4.78, 5) is 0.338. The fourth-order valence-corrected chi connectivity index (χ4v) is 3.51. The third-order valence-electron chi connectivity index (χ3n) is 3.12. The lowest BCUT2D eigenvalue weighted by atomic mass is 10.2. The van der Waals surface area contributed by atoms with Crippen LogP contribution in [0.15, 0.2) is 41.3 Å². The van der Waals surface area contributed by atoms with E-state index in [4.69, 9.17) is 0 Å². The van der Waals surface area contributed by atoms with Gasteiger partial charge in [0.1, 0.15) is 0 Å². The Hall–Kier alpha value is -1.17. The van der Waals surface area contributed by atoms with E-state index in [2.05, 4.69) is 18.8 Å².